The number of benzene rings is 4. The summed E-state index contributed by atoms with van der Waals surface area (Å²) in [4.78, 5) is 0. The van der Waals surface area contributed by atoms with Crippen molar-refractivity contribution in [3.63, 3.8) is 0 Å². The largest absolute Gasteiger partial charge is 0.508 e. The standard InChI is InChI=1S/C25H20O4/c26-19-13-9-17(10-14-19)25(18-11-15-20(27)16-12-18,21-5-1-3-7-23(21)28)22-6-2-4-8-24(22)29/h1-16,26-29H. The predicted octanol–water partition coefficient (Wildman–Crippen LogP) is 4.89. The van der Waals surface area contributed by atoms with Gasteiger partial charge in [0.15, 0.2) is 0 Å². The Hall–Kier alpha value is -3.92. The van der Waals surface area contributed by atoms with Crippen LogP contribution in [0.3, 0.4) is 0 Å². The zero-order valence-electron chi connectivity index (χ0n) is 15.5. The van der Waals surface area contributed by atoms with Crippen LogP contribution in [-0.4, -0.2) is 20.4 Å². The molecule has 0 aliphatic heterocycles. The van der Waals surface area contributed by atoms with Crippen LogP contribution in [0.2, 0.25) is 0 Å². The summed E-state index contributed by atoms with van der Waals surface area (Å²) in [5, 5.41) is 41.4. The van der Waals surface area contributed by atoms with Gasteiger partial charge in [-0.05, 0) is 47.5 Å². The normalized spacial score (nSPS) is 11.3. The van der Waals surface area contributed by atoms with Crippen LogP contribution in [0.4, 0.5) is 0 Å². The Morgan fingerprint density at radius 1 is 0.414 bits per heavy atom. The summed E-state index contributed by atoms with van der Waals surface area (Å²) in [6.07, 6.45) is 0. The summed E-state index contributed by atoms with van der Waals surface area (Å²) >= 11 is 0. The van der Waals surface area contributed by atoms with E-state index in [4.69, 9.17) is 0 Å². The van der Waals surface area contributed by atoms with Gasteiger partial charge in [0.2, 0.25) is 0 Å². The van der Waals surface area contributed by atoms with E-state index in [2.05, 4.69) is 0 Å². The number of hydrogen-bond acceptors (Lipinski definition) is 4. The highest BCUT2D eigenvalue weighted by Crippen LogP contribution is 2.50. The molecule has 0 spiro atoms. The molecule has 0 heterocycles. The van der Waals surface area contributed by atoms with Gasteiger partial charge in [-0.15, -0.1) is 0 Å². The maximum absolute atomic E-state index is 10.8. The molecule has 0 saturated heterocycles. The number of aromatic hydroxyl groups is 4. The first-order valence-electron chi connectivity index (χ1n) is 9.19. The van der Waals surface area contributed by atoms with E-state index in [9.17, 15) is 20.4 Å². The Bertz CT molecular complexity index is 1040. The molecule has 4 aromatic rings. The van der Waals surface area contributed by atoms with Gasteiger partial charge in [-0.1, -0.05) is 60.7 Å². The zero-order chi connectivity index (χ0) is 20.4. The minimum Gasteiger partial charge on any atom is -0.508 e. The van der Waals surface area contributed by atoms with E-state index in [1.54, 1.807) is 72.8 Å². The summed E-state index contributed by atoms with van der Waals surface area (Å²) in [5.74, 6) is 0.361. The fourth-order valence-electron chi connectivity index (χ4n) is 3.94. The lowest BCUT2D eigenvalue weighted by molar-refractivity contribution is 0.446. The molecule has 4 nitrogen and oxygen atoms in total. The van der Waals surface area contributed by atoms with Crippen molar-refractivity contribution in [1.29, 1.82) is 0 Å². The Balaban J connectivity index is 2.19. The molecule has 4 N–H and O–H groups in total. The smallest absolute Gasteiger partial charge is 0.120 e. The molecule has 0 aliphatic carbocycles. The second-order valence-electron chi connectivity index (χ2n) is 6.88. The first kappa shape index (κ1) is 18.4. The van der Waals surface area contributed by atoms with Crippen molar-refractivity contribution >= 4 is 0 Å². The molecular weight excluding hydrogens is 364 g/mol. The van der Waals surface area contributed by atoms with Gasteiger partial charge >= 0.3 is 0 Å². The highest BCUT2D eigenvalue weighted by atomic mass is 16.3. The van der Waals surface area contributed by atoms with E-state index in [0.717, 1.165) is 11.1 Å². The molecule has 0 saturated carbocycles. The molecule has 4 rings (SSSR count). The summed E-state index contributed by atoms with van der Waals surface area (Å²) in [6, 6.07) is 27.3. The van der Waals surface area contributed by atoms with Crippen molar-refractivity contribution < 1.29 is 20.4 Å². The Kier molecular flexibility index (Phi) is 4.61. The third kappa shape index (κ3) is 3.05. The number of phenolic OH excluding ortho intramolecular Hbond substituents is 4. The third-order valence-corrected chi connectivity index (χ3v) is 5.22. The third-order valence-electron chi connectivity index (χ3n) is 5.22. The van der Waals surface area contributed by atoms with Gasteiger partial charge < -0.3 is 20.4 Å². The van der Waals surface area contributed by atoms with E-state index in [1.807, 2.05) is 24.3 Å². The maximum atomic E-state index is 10.8. The van der Waals surface area contributed by atoms with E-state index in [-0.39, 0.29) is 23.0 Å². The molecule has 0 atom stereocenters. The van der Waals surface area contributed by atoms with Crippen molar-refractivity contribution in [3.8, 4) is 23.0 Å². The van der Waals surface area contributed by atoms with Gasteiger partial charge in [0.1, 0.15) is 23.0 Å². The van der Waals surface area contributed by atoms with Crippen LogP contribution >= 0.6 is 0 Å². The van der Waals surface area contributed by atoms with Gasteiger partial charge in [0.05, 0.1) is 5.41 Å². The van der Waals surface area contributed by atoms with Crippen molar-refractivity contribution in [2.45, 2.75) is 5.41 Å². The quantitative estimate of drug-likeness (QED) is 0.378. The van der Waals surface area contributed by atoms with Gasteiger partial charge in [0.25, 0.3) is 0 Å². The summed E-state index contributed by atoms with van der Waals surface area (Å²) < 4.78 is 0. The lowest BCUT2D eigenvalue weighted by Gasteiger charge is -2.37. The SMILES string of the molecule is Oc1ccc(C(c2ccc(O)cc2)(c2ccccc2O)c2ccccc2O)cc1. The Morgan fingerprint density at radius 2 is 0.759 bits per heavy atom. The topological polar surface area (TPSA) is 80.9 Å². The van der Waals surface area contributed by atoms with Crippen LogP contribution < -0.4 is 0 Å². The molecule has 0 bridgehead atoms. The van der Waals surface area contributed by atoms with E-state index in [0.29, 0.717) is 11.1 Å². The van der Waals surface area contributed by atoms with Gasteiger partial charge in [-0.3, -0.25) is 0 Å². The number of rotatable bonds is 4. The molecule has 0 unspecified atom stereocenters. The van der Waals surface area contributed by atoms with Crippen molar-refractivity contribution in [1.82, 2.24) is 0 Å². The van der Waals surface area contributed by atoms with Gasteiger partial charge in [0, 0.05) is 11.1 Å². The van der Waals surface area contributed by atoms with Crippen LogP contribution in [0.1, 0.15) is 22.3 Å². The highest BCUT2D eigenvalue weighted by Gasteiger charge is 2.42. The van der Waals surface area contributed by atoms with Crippen LogP contribution in [0.15, 0.2) is 97.1 Å². The first-order chi connectivity index (χ1) is 14.0. The molecule has 0 aliphatic rings. The molecule has 0 fully saturated rings. The van der Waals surface area contributed by atoms with Crippen LogP contribution in [0.25, 0.3) is 0 Å². The zero-order valence-corrected chi connectivity index (χ0v) is 15.5. The summed E-state index contributed by atoms with van der Waals surface area (Å²) in [5.41, 5.74) is 1.53. The molecule has 0 aromatic heterocycles. The highest BCUT2D eigenvalue weighted by molar-refractivity contribution is 5.65. The number of hydrogen-bond donors (Lipinski definition) is 4. The molecule has 4 aromatic carbocycles. The fourth-order valence-corrected chi connectivity index (χ4v) is 3.94. The molecule has 0 radical (unpaired) electrons. The molecule has 0 amide bonds. The summed E-state index contributed by atoms with van der Waals surface area (Å²) in [7, 11) is 0. The molecule has 144 valence electrons. The van der Waals surface area contributed by atoms with Crippen LogP contribution in [-0.2, 0) is 5.41 Å². The Morgan fingerprint density at radius 3 is 1.10 bits per heavy atom. The second kappa shape index (κ2) is 7.24. The molecule has 29 heavy (non-hydrogen) atoms. The van der Waals surface area contributed by atoms with Crippen molar-refractivity contribution in [3.05, 3.63) is 119 Å². The molecule has 4 heteroatoms. The average molecular weight is 384 g/mol. The number of para-hydroxylation sites is 2. The Labute approximate surface area is 168 Å². The maximum Gasteiger partial charge on any atom is 0.120 e. The monoisotopic (exact) mass is 384 g/mol. The predicted molar refractivity (Wildman–Crippen MR) is 111 cm³/mol. The number of phenols is 4. The average Bonchev–Trinajstić information content (AvgIpc) is 2.73. The van der Waals surface area contributed by atoms with E-state index in [1.165, 1.54) is 0 Å². The minimum absolute atomic E-state index is 0.0666. The van der Waals surface area contributed by atoms with Gasteiger partial charge in [-0.25, -0.2) is 0 Å². The second-order valence-corrected chi connectivity index (χ2v) is 6.88. The van der Waals surface area contributed by atoms with Crippen LogP contribution in [0.5, 0.6) is 23.0 Å². The van der Waals surface area contributed by atoms with E-state index < -0.39 is 5.41 Å². The van der Waals surface area contributed by atoms with Gasteiger partial charge in [-0.2, -0.15) is 0 Å². The van der Waals surface area contributed by atoms with Crippen molar-refractivity contribution in [2.75, 3.05) is 0 Å². The summed E-state index contributed by atoms with van der Waals surface area (Å²) in [6.45, 7) is 0. The van der Waals surface area contributed by atoms with E-state index >= 15 is 0 Å². The molecular formula is C25H20O4. The van der Waals surface area contributed by atoms with Crippen molar-refractivity contribution in [2.24, 2.45) is 0 Å². The fraction of sp³-hybridized carbons (Fsp3) is 0.0400. The lowest BCUT2D eigenvalue weighted by Crippen LogP contribution is -2.31. The van der Waals surface area contributed by atoms with Crippen LogP contribution in [0, 0.1) is 0 Å². The lowest BCUT2D eigenvalue weighted by atomic mass is 9.64. The first-order valence-corrected chi connectivity index (χ1v) is 9.19. The minimum atomic E-state index is -1.09.